The second kappa shape index (κ2) is 2.88. The van der Waals surface area contributed by atoms with Crippen molar-refractivity contribution in [3.05, 3.63) is 29.8 Å². The topological polar surface area (TPSA) is 20.2 Å². The van der Waals surface area contributed by atoms with Crippen molar-refractivity contribution in [1.29, 1.82) is 0 Å². The van der Waals surface area contributed by atoms with E-state index in [1.807, 2.05) is 22.8 Å². The van der Waals surface area contributed by atoms with Gasteiger partial charge in [-0.3, -0.25) is 0 Å². The third-order valence-electron chi connectivity index (χ3n) is 1.16. The molecule has 1 nitrogen and oxygen atoms in total. The third-order valence-corrected chi connectivity index (χ3v) is 2.08. The number of aromatic hydroxyl groups is 1. The summed E-state index contributed by atoms with van der Waals surface area (Å²) >= 11 is 1.08. The Hall–Kier alpha value is -0.487. The van der Waals surface area contributed by atoms with E-state index in [-0.39, 0.29) is 0 Å². The van der Waals surface area contributed by atoms with Crippen molar-refractivity contribution in [3.63, 3.8) is 0 Å². The average Bonchev–Trinajstić information content (AvgIpc) is 1.89. The number of phenols is 1. The van der Waals surface area contributed by atoms with E-state index in [4.69, 9.17) is 5.11 Å². The van der Waals surface area contributed by atoms with Crippen molar-refractivity contribution in [2.45, 2.75) is 0 Å². The van der Waals surface area contributed by atoms with Gasteiger partial charge in [0, 0.05) is 0 Å². The molecule has 0 bridgehead atoms. The normalized spacial score (nSPS) is 9.11. The molecule has 0 fully saturated rings. The minimum atomic E-state index is 0.378. The molecular formula is C7H6OZn. The van der Waals surface area contributed by atoms with E-state index in [2.05, 4.69) is 0 Å². The summed E-state index contributed by atoms with van der Waals surface area (Å²) in [5, 5.41) is 9.10. The first-order chi connectivity index (χ1) is 4.34. The Morgan fingerprint density at radius 2 is 2.00 bits per heavy atom. The predicted molar refractivity (Wildman–Crippen MR) is 33.3 cm³/mol. The summed E-state index contributed by atoms with van der Waals surface area (Å²) in [6.07, 6.45) is 0. The Morgan fingerprint density at radius 1 is 1.33 bits per heavy atom. The Kier molecular flexibility index (Phi) is 2.12. The van der Waals surface area contributed by atoms with E-state index < -0.39 is 0 Å². The van der Waals surface area contributed by atoms with Crippen molar-refractivity contribution in [1.82, 2.24) is 0 Å². The average molecular weight is 172 g/mol. The fraction of sp³-hybridized carbons (Fsp3) is 0. The molecular weight excluding hydrogens is 165 g/mol. The van der Waals surface area contributed by atoms with Gasteiger partial charge in [-0.2, -0.15) is 0 Å². The molecule has 0 saturated heterocycles. The van der Waals surface area contributed by atoms with Crippen LogP contribution in [-0.2, 0) is 17.9 Å². The van der Waals surface area contributed by atoms with Crippen LogP contribution in [0.4, 0.5) is 0 Å². The van der Waals surface area contributed by atoms with Crippen LogP contribution < -0.4 is 0 Å². The first-order valence-electron chi connectivity index (χ1n) is 2.75. The zero-order chi connectivity index (χ0) is 6.69. The van der Waals surface area contributed by atoms with Crippen molar-refractivity contribution in [3.8, 4) is 5.75 Å². The van der Waals surface area contributed by atoms with Crippen LogP contribution >= 0.6 is 0 Å². The molecule has 1 aromatic carbocycles. The van der Waals surface area contributed by atoms with Gasteiger partial charge in [-0.05, 0) is 0 Å². The van der Waals surface area contributed by atoms with Gasteiger partial charge in [-0.1, -0.05) is 0 Å². The number of hydrogen-bond acceptors (Lipinski definition) is 1. The summed E-state index contributed by atoms with van der Waals surface area (Å²) in [5.41, 5.74) is 0.942. The van der Waals surface area contributed by atoms with Crippen LogP contribution in [0.25, 0.3) is 0 Å². The molecule has 0 spiro atoms. The van der Waals surface area contributed by atoms with Gasteiger partial charge in [-0.15, -0.1) is 0 Å². The molecule has 0 saturated carbocycles. The summed E-state index contributed by atoms with van der Waals surface area (Å²) in [4.78, 5) is 0. The molecule has 0 aliphatic carbocycles. The fourth-order valence-corrected chi connectivity index (χ4v) is 1.38. The molecule has 0 aromatic heterocycles. The predicted octanol–water partition coefficient (Wildman–Crippen LogP) is 1.09. The minimum absolute atomic E-state index is 0.378. The van der Waals surface area contributed by atoms with Gasteiger partial charge in [0.1, 0.15) is 0 Å². The van der Waals surface area contributed by atoms with Gasteiger partial charge in [0.2, 0.25) is 0 Å². The summed E-state index contributed by atoms with van der Waals surface area (Å²) in [6, 6.07) is 7.34. The molecule has 0 aliphatic rings. The van der Waals surface area contributed by atoms with Gasteiger partial charge >= 0.3 is 63.1 Å². The first-order valence-corrected chi connectivity index (χ1v) is 4.46. The van der Waals surface area contributed by atoms with Gasteiger partial charge in [0.05, 0.1) is 0 Å². The third kappa shape index (κ3) is 1.46. The van der Waals surface area contributed by atoms with Crippen molar-refractivity contribution in [2.24, 2.45) is 0 Å². The standard InChI is InChI=1S/C7H6O.Zn/c1-6-4-2-3-5-7(6)8;/h1-5,8H;. The van der Waals surface area contributed by atoms with E-state index in [9.17, 15) is 0 Å². The van der Waals surface area contributed by atoms with Crippen LogP contribution in [0, 0.1) is 0 Å². The van der Waals surface area contributed by atoms with Gasteiger partial charge in [-0.25, -0.2) is 0 Å². The van der Waals surface area contributed by atoms with Gasteiger partial charge in [0.25, 0.3) is 0 Å². The van der Waals surface area contributed by atoms with Crippen LogP contribution in [0.3, 0.4) is 0 Å². The Morgan fingerprint density at radius 3 is 2.44 bits per heavy atom. The molecule has 0 amide bonds. The maximum atomic E-state index is 9.10. The van der Waals surface area contributed by atoms with Crippen LogP contribution in [0.2, 0.25) is 0 Å². The number of rotatable bonds is 1. The van der Waals surface area contributed by atoms with E-state index in [1.165, 1.54) is 0 Å². The monoisotopic (exact) mass is 170 g/mol. The van der Waals surface area contributed by atoms with E-state index in [1.54, 1.807) is 6.07 Å². The molecule has 9 heavy (non-hydrogen) atoms. The molecule has 0 atom stereocenters. The number of para-hydroxylation sites is 1. The zero-order valence-electron chi connectivity index (χ0n) is 5.04. The summed E-state index contributed by atoms with van der Waals surface area (Å²) in [5.74, 6) is 0.378. The SMILES string of the molecule is Oc1ccccc1[CH]=[Zn]. The van der Waals surface area contributed by atoms with Crippen molar-refractivity contribution >= 4 is 4.61 Å². The quantitative estimate of drug-likeness (QED) is 0.627. The summed E-state index contributed by atoms with van der Waals surface area (Å²) in [6.45, 7) is 0. The van der Waals surface area contributed by atoms with Crippen LogP contribution in [0.15, 0.2) is 24.3 Å². The second-order valence-electron chi connectivity index (χ2n) is 1.76. The van der Waals surface area contributed by atoms with Crippen molar-refractivity contribution < 1.29 is 23.0 Å². The van der Waals surface area contributed by atoms with Crippen LogP contribution in [0.5, 0.6) is 5.75 Å². The Bertz CT molecular complexity index is 220. The number of benzene rings is 1. The molecule has 0 radical (unpaired) electrons. The molecule has 0 unspecified atom stereocenters. The van der Waals surface area contributed by atoms with Crippen LogP contribution in [0.1, 0.15) is 5.56 Å². The van der Waals surface area contributed by atoms with E-state index in [0.717, 1.165) is 23.4 Å². The van der Waals surface area contributed by atoms with Gasteiger partial charge < -0.3 is 0 Å². The molecule has 0 aliphatic heterocycles. The Balaban J connectivity index is 3.15. The molecule has 1 aromatic rings. The molecule has 1 rings (SSSR count). The van der Waals surface area contributed by atoms with Gasteiger partial charge in [0.15, 0.2) is 0 Å². The van der Waals surface area contributed by atoms with E-state index >= 15 is 0 Å². The number of phenolic OH excluding ortho intramolecular Hbond substituents is 1. The molecule has 2 heteroatoms. The first kappa shape index (κ1) is 6.63. The number of hydrogen-bond donors (Lipinski definition) is 1. The zero-order valence-corrected chi connectivity index (χ0v) is 8.01. The summed E-state index contributed by atoms with van der Waals surface area (Å²) < 4.78 is 2.00. The summed E-state index contributed by atoms with van der Waals surface area (Å²) in [7, 11) is 0. The molecule has 1 N–H and O–H groups in total. The van der Waals surface area contributed by atoms with E-state index in [0.29, 0.717) is 5.75 Å². The molecule has 42 valence electrons. The Labute approximate surface area is 63.5 Å². The maximum absolute atomic E-state index is 9.10. The second-order valence-corrected chi connectivity index (χ2v) is 2.62. The van der Waals surface area contributed by atoms with Crippen molar-refractivity contribution in [2.75, 3.05) is 0 Å². The molecule has 0 heterocycles. The van der Waals surface area contributed by atoms with Crippen LogP contribution in [-0.4, -0.2) is 9.72 Å². The fourth-order valence-electron chi connectivity index (χ4n) is 0.660.